The molecule has 0 radical (unpaired) electrons. The van der Waals surface area contributed by atoms with Crippen molar-refractivity contribution < 1.29 is 9.53 Å². The lowest BCUT2D eigenvalue weighted by atomic mass is 10.1. The van der Waals surface area contributed by atoms with Crippen LogP contribution < -0.4 is 5.43 Å². The fourth-order valence-electron chi connectivity index (χ4n) is 1.16. The molecular formula is C10H16N2O2. The average molecular weight is 196 g/mol. The first-order valence-corrected chi connectivity index (χ1v) is 4.62. The van der Waals surface area contributed by atoms with Crippen molar-refractivity contribution >= 4 is 5.97 Å². The maximum atomic E-state index is 11.2. The van der Waals surface area contributed by atoms with Gasteiger partial charge in [0.05, 0.1) is 19.1 Å². The predicted octanol–water partition coefficient (Wildman–Crippen LogP) is 1.23. The zero-order chi connectivity index (χ0) is 10.6. The zero-order valence-electron chi connectivity index (χ0n) is 8.73. The molecule has 1 aromatic rings. The van der Waals surface area contributed by atoms with Crippen molar-refractivity contribution in [2.75, 3.05) is 12.5 Å². The van der Waals surface area contributed by atoms with Crippen molar-refractivity contribution in [3.63, 3.8) is 0 Å². The Bertz CT molecular complexity index is 282. The molecule has 4 heteroatoms. The van der Waals surface area contributed by atoms with Crippen molar-refractivity contribution in [2.24, 2.45) is 5.92 Å². The molecule has 0 spiro atoms. The Labute approximate surface area is 83.8 Å². The lowest BCUT2D eigenvalue weighted by Crippen LogP contribution is -2.34. The van der Waals surface area contributed by atoms with Gasteiger partial charge >= 0.3 is 5.97 Å². The molecule has 0 aliphatic carbocycles. The van der Waals surface area contributed by atoms with E-state index in [0.29, 0.717) is 0 Å². The highest BCUT2D eigenvalue weighted by molar-refractivity contribution is 5.72. The van der Waals surface area contributed by atoms with E-state index < -0.39 is 0 Å². The van der Waals surface area contributed by atoms with E-state index in [-0.39, 0.29) is 17.9 Å². The van der Waals surface area contributed by atoms with Gasteiger partial charge in [-0.05, 0) is 26.0 Å². The first-order valence-electron chi connectivity index (χ1n) is 4.62. The van der Waals surface area contributed by atoms with Gasteiger partial charge in [-0.2, -0.15) is 0 Å². The molecule has 0 saturated carbocycles. The van der Waals surface area contributed by atoms with E-state index in [0.717, 1.165) is 0 Å². The summed E-state index contributed by atoms with van der Waals surface area (Å²) in [6.07, 6.45) is 3.78. The lowest BCUT2D eigenvalue weighted by Gasteiger charge is -2.20. The van der Waals surface area contributed by atoms with Gasteiger partial charge in [-0.3, -0.25) is 9.47 Å². The molecule has 1 aromatic heterocycles. The third kappa shape index (κ3) is 2.52. The fourth-order valence-corrected chi connectivity index (χ4v) is 1.16. The SMILES string of the molecule is COC(=O)C(C)C(C)Nn1cccc1. The smallest absolute Gasteiger partial charge is 0.310 e. The summed E-state index contributed by atoms with van der Waals surface area (Å²) in [6, 6.07) is 3.88. The number of hydrogen-bond donors (Lipinski definition) is 1. The third-order valence-electron chi connectivity index (χ3n) is 2.28. The first kappa shape index (κ1) is 10.6. The van der Waals surface area contributed by atoms with Crippen LogP contribution in [0.2, 0.25) is 0 Å². The minimum Gasteiger partial charge on any atom is -0.469 e. The number of ether oxygens (including phenoxy) is 1. The molecular weight excluding hydrogens is 180 g/mol. The van der Waals surface area contributed by atoms with Crippen LogP contribution in [0.5, 0.6) is 0 Å². The van der Waals surface area contributed by atoms with Gasteiger partial charge in [-0.1, -0.05) is 0 Å². The van der Waals surface area contributed by atoms with E-state index in [4.69, 9.17) is 0 Å². The third-order valence-corrected chi connectivity index (χ3v) is 2.28. The Kier molecular flexibility index (Phi) is 3.56. The number of aromatic nitrogens is 1. The van der Waals surface area contributed by atoms with Crippen LogP contribution in [0.1, 0.15) is 13.8 Å². The van der Waals surface area contributed by atoms with Gasteiger partial charge in [0.25, 0.3) is 0 Å². The van der Waals surface area contributed by atoms with Crippen LogP contribution >= 0.6 is 0 Å². The molecule has 0 aliphatic heterocycles. The van der Waals surface area contributed by atoms with Gasteiger partial charge in [0.15, 0.2) is 0 Å². The summed E-state index contributed by atoms with van der Waals surface area (Å²) >= 11 is 0. The molecule has 1 rings (SSSR count). The molecule has 0 aromatic carbocycles. The van der Waals surface area contributed by atoms with E-state index in [2.05, 4.69) is 10.2 Å². The first-order chi connectivity index (χ1) is 6.65. The van der Waals surface area contributed by atoms with Crippen LogP contribution in [-0.2, 0) is 9.53 Å². The Hall–Kier alpha value is -1.45. The summed E-state index contributed by atoms with van der Waals surface area (Å²) in [6.45, 7) is 3.79. The number of nitrogens with zero attached hydrogens (tertiary/aromatic N) is 1. The quantitative estimate of drug-likeness (QED) is 0.736. The second-order valence-electron chi connectivity index (χ2n) is 3.32. The summed E-state index contributed by atoms with van der Waals surface area (Å²) in [7, 11) is 1.40. The number of methoxy groups -OCH3 is 1. The van der Waals surface area contributed by atoms with Crippen molar-refractivity contribution in [3.05, 3.63) is 24.5 Å². The number of carbonyl (C=O) groups excluding carboxylic acids is 1. The Morgan fingerprint density at radius 2 is 1.93 bits per heavy atom. The molecule has 0 amide bonds. The molecule has 14 heavy (non-hydrogen) atoms. The van der Waals surface area contributed by atoms with Crippen molar-refractivity contribution in [2.45, 2.75) is 19.9 Å². The standard InChI is InChI=1S/C10H16N2O2/c1-8(10(13)14-3)9(2)11-12-6-4-5-7-12/h4-9,11H,1-3H3. The molecule has 0 fully saturated rings. The van der Waals surface area contributed by atoms with E-state index in [9.17, 15) is 4.79 Å². The second kappa shape index (κ2) is 4.69. The molecule has 1 N–H and O–H groups in total. The minimum absolute atomic E-state index is 0.0369. The van der Waals surface area contributed by atoms with Crippen molar-refractivity contribution in [1.29, 1.82) is 0 Å². The van der Waals surface area contributed by atoms with Gasteiger partial charge in [-0.25, -0.2) is 0 Å². The van der Waals surface area contributed by atoms with Gasteiger partial charge in [0.2, 0.25) is 0 Å². The van der Waals surface area contributed by atoms with Crippen LogP contribution in [0.15, 0.2) is 24.5 Å². The monoisotopic (exact) mass is 196 g/mol. The number of nitrogens with one attached hydrogen (secondary N) is 1. The highest BCUT2D eigenvalue weighted by Crippen LogP contribution is 2.05. The predicted molar refractivity (Wildman–Crippen MR) is 54.4 cm³/mol. The van der Waals surface area contributed by atoms with E-state index in [1.165, 1.54) is 7.11 Å². The van der Waals surface area contributed by atoms with Crippen molar-refractivity contribution in [1.82, 2.24) is 4.68 Å². The fraction of sp³-hybridized carbons (Fsp3) is 0.500. The average Bonchev–Trinajstić information content (AvgIpc) is 2.68. The number of esters is 1. The number of rotatable bonds is 4. The summed E-state index contributed by atoms with van der Waals surface area (Å²) in [5, 5.41) is 0. The summed E-state index contributed by atoms with van der Waals surface area (Å²) in [5.74, 6) is -0.362. The van der Waals surface area contributed by atoms with E-state index in [1.54, 1.807) is 0 Å². The van der Waals surface area contributed by atoms with E-state index in [1.807, 2.05) is 43.0 Å². The zero-order valence-corrected chi connectivity index (χ0v) is 8.73. The summed E-state index contributed by atoms with van der Waals surface area (Å²) in [5.41, 5.74) is 3.15. The Morgan fingerprint density at radius 1 is 1.36 bits per heavy atom. The number of carbonyl (C=O) groups is 1. The number of hydrogen-bond acceptors (Lipinski definition) is 3. The Balaban J connectivity index is 2.49. The van der Waals surface area contributed by atoms with Crippen molar-refractivity contribution in [3.8, 4) is 0 Å². The van der Waals surface area contributed by atoms with Crippen LogP contribution in [0, 0.1) is 5.92 Å². The van der Waals surface area contributed by atoms with E-state index >= 15 is 0 Å². The normalized spacial score (nSPS) is 14.5. The molecule has 2 atom stereocenters. The minimum atomic E-state index is -0.197. The van der Waals surface area contributed by atoms with Crippen LogP contribution in [0.25, 0.3) is 0 Å². The molecule has 78 valence electrons. The summed E-state index contributed by atoms with van der Waals surface area (Å²) in [4.78, 5) is 11.2. The molecule has 0 bridgehead atoms. The molecule has 0 aliphatic rings. The maximum Gasteiger partial charge on any atom is 0.310 e. The van der Waals surface area contributed by atoms with Gasteiger partial charge in [-0.15, -0.1) is 0 Å². The molecule has 2 unspecified atom stereocenters. The topological polar surface area (TPSA) is 43.3 Å². The Morgan fingerprint density at radius 3 is 2.43 bits per heavy atom. The maximum absolute atomic E-state index is 11.2. The molecule has 0 saturated heterocycles. The highest BCUT2D eigenvalue weighted by atomic mass is 16.5. The van der Waals surface area contributed by atoms with Crippen LogP contribution in [0.3, 0.4) is 0 Å². The molecule has 1 heterocycles. The van der Waals surface area contributed by atoms with Crippen LogP contribution in [0.4, 0.5) is 0 Å². The molecule has 4 nitrogen and oxygen atoms in total. The van der Waals surface area contributed by atoms with Gasteiger partial charge in [0, 0.05) is 12.4 Å². The van der Waals surface area contributed by atoms with Crippen LogP contribution in [-0.4, -0.2) is 23.8 Å². The largest absolute Gasteiger partial charge is 0.469 e. The van der Waals surface area contributed by atoms with Gasteiger partial charge in [0.1, 0.15) is 0 Å². The summed E-state index contributed by atoms with van der Waals surface area (Å²) < 4.78 is 6.49. The highest BCUT2D eigenvalue weighted by Gasteiger charge is 2.20. The van der Waals surface area contributed by atoms with Gasteiger partial charge < -0.3 is 10.2 Å². The lowest BCUT2D eigenvalue weighted by molar-refractivity contribution is -0.145. The second-order valence-corrected chi connectivity index (χ2v) is 3.32.